The minimum atomic E-state index is -2.37. The van der Waals surface area contributed by atoms with Gasteiger partial charge in [0.1, 0.15) is 6.61 Å². The second-order valence-electron chi connectivity index (χ2n) is 3.85. The van der Waals surface area contributed by atoms with Gasteiger partial charge >= 0.3 is 0 Å². The van der Waals surface area contributed by atoms with E-state index in [1.807, 2.05) is 20.8 Å². The number of halogens is 2. The molecule has 0 unspecified atom stereocenters. The van der Waals surface area contributed by atoms with E-state index < -0.39 is 13.0 Å². The second-order valence-corrected chi connectivity index (χ2v) is 3.85. The second kappa shape index (κ2) is 6.27. The molecule has 0 aliphatic heterocycles. The number of hydrogen-bond donors (Lipinski definition) is 1. The van der Waals surface area contributed by atoms with Crippen LogP contribution >= 0.6 is 0 Å². The van der Waals surface area contributed by atoms with E-state index in [2.05, 4.69) is 5.32 Å². The Balaban J connectivity index is 3.50. The smallest absolute Gasteiger partial charge is 0.261 e. The molecule has 2 nitrogen and oxygen atoms in total. The molecule has 4 heteroatoms. The van der Waals surface area contributed by atoms with Gasteiger partial charge in [-0.2, -0.15) is 0 Å². The van der Waals surface area contributed by atoms with Gasteiger partial charge < -0.3 is 10.1 Å². The molecular formula is C9H19F2NO. The maximum atomic E-state index is 11.7. The van der Waals surface area contributed by atoms with Crippen LogP contribution in [0, 0.1) is 5.41 Å². The highest BCUT2D eigenvalue weighted by atomic mass is 19.3. The van der Waals surface area contributed by atoms with Gasteiger partial charge in [0.05, 0.1) is 6.61 Å². The molecule has 0 fully saturated rings. The van der Waals surface area contributed by atoms with Crippen molar-refractivity contribution in [1.29, 1.82) is 0 Å². The third-order valence-corrected chi connectivity index (χ3v) is 1.59. The fourth-order valence-corrected chi connectivity index (χ4v) is 0.939. The van der Waals surface area contributed by atoms with Gasteiger partial charge in [-0.05, 0) is 6.54 Å². The molecule has 0 aromatic carbocycles. The van der Waals surface area contributed by atoms with Crippen molar-refractivity contribution < 1.29 is 13.5 Å². The van der Waals surface area contributed by atoms with Crippen molar-refractivity contribution >= 4 is 0 Å². The Labute approximate surface area is 78.7 Å². The van der Waals surface area contributed by atoms with Gasteiger partial charge in [-0.3, -0.25) is 0 Å². The van der Waals surface area contributed by atoms with Crippen molar-refractivity contribution in [2.24, 2.45) is 5.41 Å². The number of rotatable bonds is 7. The summed E-state index contributed by atoms with van der Waals surface area (Å²) in [5.41, 5.74) is -0.0785. The van der Waals surface area contributed by atoms with Crippen LogP contribution in [0.25, 0.3) is 0 Å². The summed E-state index contributed by atoms with van der Waals surface area (Å²) < 4.78 is 28.3. The SMILES string of the molecule is CCNCC(C)(C)COCC(F)F. The summed E-state index contributed by atoms with van der Waals surface area (Å²) in [5, 5.41) is 3.16. The van der Waals surface area contributed by atoms with Gasteiger partial charge in [-0.25, -0.2) is 8.78 Å². The molecule has 0 heterocycles. The average molecular weight is 195 g/mol. The van der Waals surface area contributed by atoms with Crippen molar-refractivity contribution in [3.8, 4) is 0 Å². The lowest BCUT2D eigenvalue weighted by molar-refractivity contribution is -0.0121. The molecule has 0 atom stereocenters. The first-order valence-corrected chi connectivity index (χ1v) is 4.54. The molecule has 0 saturated heterocycles. The van der Waals surface area contributed by atoms with Crippen LogP contribution in [0.1, 0.15) is 20.8 Å². The van der Waals surface area contributed by atoms with Crippen molar-refractivity contribution in [3.63, 3.8) is 0 Å². The largest absolute Gasteiger partial charge is 0.375 e. The van der Waals surface area contributed by atoms with Gasteiger partial charge in [-0.15, -0.1) is 0 Å². The van der Waals surface area contributed by atoms with Crippen LogP contribution in [-0.4, -0.2) is 32.7 Å². The van der Waals surface area contributed by atoms with E-state index in [0.717, 1.165) is 13.1 Å². The molecule has 0 rings (SSSR count). The molecule has 0 radical (unpaired) electrons. The summed E-state index contributed by atoms with van der Waals surface area (Å²) >= 11 is 0. The van der Waals surface area contributed by atoms with Crippen LogP contribution in [0.4, 0.5) is 8.78 Å². The highest BCUT2D eigenvalue weighted by Gasteiger charge is 2.18. The highest BCUT2D eigenvalue weighted by Crippen LogP contribution is 2.14. The Morgan fingerprint density at radius 2 is 2.00 bits per heavy atom. The molecule has 0 spiro atoms. The maximum Gasteiger partial charge on any atom is 0.261 e. The summed E-state index contributed by atoms with van der Waals surface area (Å²) in [7, 11) is 0. The Hall–Kier alpha value is -0.220. The molecule has 0 bridgehead atoms. The summed E-state index contributed by atoms with van der Waals surface area (Å²) in [4.78, 5) is 0. The van der Waals surface area contributed by atoms with Gasteiger partial charge in [0.2, 0.25) is 0 Å². The maximum absolute atomic E-state index is 11.7. The predicted molar refractivity (Wildman–Crippen MR) is 49.1 cm³/mol. The lowest BCUT2D eigenvalue weighted by Crippen LogP contribution is -2.33. The molecule has 13 heavy (non-hydrogen) atoms. The topological polar surface area (TPSA) is 21.3 Å². The van der Waals surface area contributed by atoms with Crippen LogP contribution in [-0.2, 0) is 4.74 Å². The van der Waals surface area contributed by atoms with Crippen molar-refractivity contribution in [1.82, 2.24) is 5.32 Å². The van der Waals surface area contributed by atoms with E-state index in [0.29, 0.717) is 6.61 Å². The van der Waals surface area contributed by atoms with Gasteiger partial charge in [0.25, 0.3) is 6.43 Å². The summed E-state index contributed by atoms with van der Waals surface area (Å²) in [5.74, 6) is 0. The van der Waals surface area contributed by atoms with Crippen LogP contribution in [0.3, 0.4) is 0 Å². The lowest BCUT2D eigenvalue weighted by Gasteiger charge is -2.24. The number of nitrogens with one attached hydrogen (secondary N) is 1. The molecule has 0 aliphatic rings. The zero-order chi connectivity index (χ0) is 10.3. The Kier molecular flexibility index (Phi) is 6.16. The zero-order valence-corrected chi connectivity index (χ0v) is 8.57. The van der Waals surface area contributed by atoms with E-state index in [9.17, 15) is 8.78 Å². The van der Waals surface area contributed by atoms with E-state index >= 15 is 0 Å². The van der Waals surface area contributed by atoms with E-state index in [4.69, 9.17) is 4.74 Å². The Morgan fingerprint density at radius 1 is 1.38 bits per heavy atom. The first-order chi connectivity index (χ1) is 5.98. The van der Waals surface area contributed by atoms with Crippen molar-refractivity contribution in [2.45, 2.75) is 27.2 Å². The number of alkyl halides is 2. The normalized spacial score (nSPS) is 12.5. The van der Waals surface area contributed by atoms with Crippen LogP contribution in [0.2, 0.25) is 0 Å². The zero-order valence-electron chi connectivity index (χ0n) is 8.57. The van der Waals surface area contributed by atoms with E-state index in [1.165, 1.54) is 0 Å². The van der Waals surface area contributed by atoms with Crippen LogP contribution in [0.5, 0.6) is 0 Å². The fraction of sp³-hybridized carbons (Fsp3) is 1.00. The summed E-state index contributed by atoms with van der Waals surface area (Å²) in [6.07, 6.45) is -2.37. The van der Waals surface area contributed by atoms with Crippen molar-refractivity contribution in [3.05, 3.63) is 0 Å². The molecule has 0 amide bonds. The van der Waals surface area contributed by atoms with Crippen LogP contribution in [0.15, 0.2) is 0 Å². The average Bonchev–Trinajstić information content (AvgIpc) is 2.00. The molecule has 0 aromatic heterocycles. The molecule has 80 valence electrons. The van der Waals surface area contributed by atoms with E-state index in [-0.39, 0.29) is 5.41 Å². The van der Waals surface area contributed by atoms with Crippen LogP contribution < -0.4 is 5.32 Å². The standard InChI is InChI=1S/C9H19F2NO/c1-4-12-6-9(2,3)7-13-5-8(10)11/h8,12H,4-7H2,1-3H3. The summed E-state index contributed by atoms with van der Waals surface area (Å²) in [6.45, 7) is 7.56. The quantitative estimate of drug-likeness (QED) is 0.670. The van der Waals surface area contributed by atoms with E-state index in [1.54, 1.807) is 0 Å². The molecule has 1 N–H and O–H groups in total. The Morgan fingerprint density at radius 3 is 2.46 bits per heavy atom. The molecule has 0 saturated carbocycles. The fourth-order valence-electron chi connectivity index (χ4n) is 0.939. The monoisotopic (exact) mass is 195 g/mol. The van der Waals surface area contributed by atoms with Crippen molar-refractivity contribution in [2.75, 3.05) is 26.3 Å². The van der Waals surface area contributed by atoms with Gasteiger partial charge in [0, 0.05) is 12.0 Å². The minimum Gasteiger partial charge on any atom is -0.375 e. The molecule has 0 aliphatic carbocycles. The lowest BCUT2D eigenvalue weighted by atomic mass is 9.95. The minimum absolute atomic E-state index is 0.0785. The third kappa shape index (κ3) is 8.12. The summed E-state index contributed by atoms with van der Waals surface area (Å²) in [6, 6.07) is 0. The number of hydrogen-bond acceptors (Lipinski definition) is 2. The third-order valence-electron chi connectivity index (χ3n) is 1.59. The number of ether oxygens (including phenoxy) is 1. The molecular weight excluding hydrogens is 176 g/mol. The Bertz CT molecular complexity index is 129. The first kappa shape index (κ1) is 12.8. The van der Waals surface area contributed by atoms with Gasteiger partial charge in [-0.1, -0.05) is 20.8 Å². The highest BCUT2D eigenvalue weighted by molar-refractivity contribution is 4.70. The molecule has 0 aromatic rings. The van der Waals surface area contributed by atoms with Gasteiger partial charge in [0.15, 0.2) is 0 Å². The first-order valence-electron chi connectivity index (χ1n) is 4.54. The predicted octanol–water partition coefficient (Wildman–Crippen LogP) is 1.90.